The van der Waals surface area contributed by atoms with Gasteiger partial charge < -0.3 is 10.1 Å². The van der Waals surface area contributed by atoms with Gasteiger partial charge in [-0.25, -0.2) is 0 Å². The summed E-state index contributed by atoms with van der Waals surface area (Å²) in [6.07, 6.45) is 1.34. The van der Waals surface area contributed by atoms with Crippen LogP contribution >= 0.6 is 11.6 Å². The molecule has 0 heterocycles. The highest BCUT2D eigenvalue weighted by atomic mass is 35.5. The predicted octanol–water partition coefficient (Wildman–Crippen LogP) is 3.81. The van der Waals surface area contributed by atoms with Crippen LogP contribution < -0.4 is 5.32 Å². The van der Waals surface area contributed by atoms with E-state index in [2.05, 4.69) is 18.3 Å². The van der Waals surface area contributed by atoms with Crippen LogP contribution in [0.15, 0.2) is 24.3 Å². The maximum absolute atomic E-state index is 6.22. The molecule has 96 valence electrons. The molecule has 0 saturated carbocycles. The fraction of sp³-hybridized carbons (Fsp3) is 0.571. The molecule has 1 unspecified atom stereocenters. The summed E-state index contributed by atoms with van der Waals surface area (Å²) < 4.78 is 5.69. The topological polar surface area (TPSA) is 21.3 Å². The van der Waals surface area contributed by atoms with Crippen LogP contribution in [-0.4, -0.2) is 19.3 Å². The third-order valence-corrected chi connectivity index (χ3v) is 2.86. The predicted molar refractivity (Wildman–Crippen MR) is 73.6 cm³/mol. The molecular formula is C14H22ClNO. The number of hydrogen-bond donors (Lipinski definition) is 1. The van der Waals surface area contributed by atoms with Crippen LogP contribution in [0, 0.1) is 0 Å². The second kappa shape index (κ2) is 7.70. The van der Waals surface area contributed by atoms with Crippen LogP contribution in [0.4, 0.5) is 0 Å². The van der Waals surface area contributed by atoms with Gasteiger partial charge in [-0.3, -0.25) is 0 Å². The van der Waals surface area contributed by atoms with Crippen LogP contribution in [0.2, 0.25) is 5.02 Å². The first-order valence-electron chi connectivity index (χ1n) is 6.24. The molecule has 0 aliphatic carbocycles. The molecule has 0 saturated heterocycles. The molecule has 3 heteroatoms. The zero-order chi connectivity index (χ0) is 12.7. The molecule has 1 aromatic carbocycles. The second-order valence-electron chi connectivity index (χ2n) is 4.41. The molecule has 1 atom stereocenters. The van der Waals surface area contributed by atoms with Crippen molar-refractivity contribution in [2.45, 2.75) is 39.3 Å². The third-order valence-electron chi connectivity index (χ3n) is 2.52. The van der Waals surface area contributed by atoms with Gasteiger partial charge in [0.15, 0.2) is 0 Å². The Bertz CT molecular complexity index is 328. The fourth-order valence-electron chi connectivity index (χ4n) is 1.62. The first-order chi connectivity index (χ1) is 8.15. The normalized spacial score (nSPS) is 13.0. The van der Waals surface area contributed by atoms with Crippen molar-refractivity contribution in [2.24, 2.45) is 0 Å². The van der Waals surface area contributed by atoms with Crippen molar-refractivity contribution >= 4 is 11.6 Å². The van der Waals surface area contributed by atoms with Crippen molar-refractivity contribution in [1.82, 2.24) is 5.32 Å². The zero-order valence-corrected chi connectivity index (χ0v) is 11.6. The van der Waals surface area contributed by atoms with Crippen LogP contribution in [0.25, 0.3) is 0 Å². The van der Waals surface area contributed by atoms with Crippen molar-refractivity contribution in [3.8, 4) is 0 Å². The number of hydrogen-bond acceptors (Lipinski definition) is 2. The van der Waals surface area contributed by atoms with Gasteiger partial charge in [0, 0.05) is 5.02 Å². The monoisotopic (exact) mass is 255 g/mol. The summed E-state index contributed by atoms with van der Waals surface area (Å²) in [6.45, 7) is 7.87. The first kappa shape index (κ1) is 14.5. The number of ether oxygens (including phenoxy) is 1. The van der Waals surface area contributed by atoms with E-state index in [0.717, 1.165) is 23.6 Å². The highest BCUT2D eigenvalue weighted by Gasteiger charge is 2.14. The first-order valence-corrected chi connectivity index (χ1v) is 6.62. The minimum atomic E-state index is 0.172. The molecule has 0 amide bonds. The van der Waals surface area contributed by atoms with Gasteiger partial charge in [0.1, 0.15) is 0 Å². The molecule has 0 aliphatic rings. The Hall–Kier alpha value is -0.570. The van der Waals surface area contributed by atoms with Crippen molar-refractivity contribution in [3.05, 3.63) is 34.9 Å². The maximum Gasteiger partial charge on any atom is 0.0665 e. The van der Waals surface area contributed by atoms with E-state index in [9.17, 15) is 0 Å². The smallest absolute Gasteiger partial charge is 0.0665 e. The van der Waals surface area contributed by atoms with Gasteiger partial charge in [0.25, 0.3) is 0 Å². The Morgan fingerprint density at radius 1 is 1.29 bits per heavy atom. The Balaban J connectivity index is 2.71. The molecule has 0 bridgehead atoms. The number of halogens is 1. The quantitative estimate of drug-likeness (QED) is 0.800. The standard InChI is InChI=1S/C14H22ClNO/c1-4-9-16-14(10-17-11(2)3)12-7-5-6-8-13(12)15/h5-8,11,14,16H,4,9-10H2,1-3H3. The summed E-state index contributed by atoms with van der Waals surface area (Å²) >= 11 is 6.22. The zero-order valence-electron chi connectivity index (χ0n) is 10.9. The van der Waals surface area contributed by atoms with E-state index in [1.165, 1.54) is 0 Å². The molecule has 2 nitrogen and oxygen atoms in total. The van der Waals surface area contributed by atoms with Crippen molar-refractivity contribution in [2.75, 3.05) is 13.2 Å². The lowest BCUT2D eigenvalue weighted by Gasteiger charge is -2.21. The summed E-state index contributed by atoms with van der Waals surface area (Å²) in [5.41, 5.74) is 1.11. The molecule has 17 heavy (non-hydrogen) atoms. The SMILES string of the molecule is CCCNC(COC(C)C)c1ccccc1Cl. The Morgan fingerprint density at radius 3 is 2.59 bits per heavy atom. The van der Waals surface area contributed by atoms with Crippen molar-refractivity contribution in [3.63, 3.8) is 0 Å². The lowest BCUT2D eigenvalue weighted by molar-refractivity contribution is 0.0611. The molecule has 0 radical (unpaired) electrons. The highest BCUT2D eigenvalue weighted by Crippen LogP contribution is 2.23. The van der Waals surface area contributed by atoms with Crippen LogP contribution in [0.5, 0.6) is 0 Å². The number of rotatable bonds is 7. The van der Waals surface area contributed by atoms with Crippen molar-refractivity contribution in [1.29, 1.82) is 0 Å². The molecule has 0 aliphatic heterocycles. The summed E-state index contributed by atoms with van der Waals surface area (Å²) in [6, 6.07) is 8.11. The van der Waals surface area contributed by atoms with Gasteiger partial charge in [-0.2, -0.15) is 0 Å². The van der Waals surface area contributed by atoms with Gasteiger partial charge in [-0.05, 0) is 38.4 Å². The highest BCUT2D eigenvalue weighted by molar-refractivity contribution is 6.31. The Kier molecular flexibility index (Phi) is 6.56. The van der Waals surface area contributed by atoms with Crippen LogP contribution in [0.1, 0.15) is 38.8 Å². The molecule has 0 aromatic heterocycles. The van der Waals surface area contributed by atoms with E-state index in [1.807, 2.05) is 32.0 Å². The summed E-state index contributed by atoms with van der Waals surface area (Å²) in [5.74, 6) is 0. The Labute approximate surface area is 109 Å². The minimum Gasteiger partial charge on any atom is -0.377 e. The fourth-order valence-corrected chi connectivity index (χ4v) is 1.89. The van der Waals surface area contributed by atoms with E-state index < -0.39 is 0 Å². The van der Waals surface area contributed by atoms with E-state index in [0.29, 0.717) is 6.61 Å². The number of benzene rings is 1. The summed E-state index contributed by atoms with van der Waals surface area (Å²) in [7, 11) is 0. The molecular weight excluding hydrogens is 234 g/mol. The third kappa shape index (κ3) is 5.07. The maximum atomic E-state index is 6.22. The van der Waals surface area contributed by atoms with Gasteiger partial charge in [-0.15, -0.1) is 0 Å². The van der Waals surface area contributed by atoms with E-state index in [-0.39, 0.29) is 12.1 Å². The van der Waals surface area contributed by atoms with E-state index in [1.54, 1.807) is 0 Å². The Morgan fingerprint density at radius 2 is 2.00 bits per heavy atom. The molecule has 1 N–H and O–H groups in total. The largest absolute Gasteiger partial charge is 0.377 e. The van der Waals surface area contributed by atoms with Crippen LogP contribution in [-0.2, 0) is 4.74 Å². The minimum absolute atomic E-state index is 0.172. The number of nitrogens with one attached hydrogen (secondary N) is 1. The average Bonchev–Trinajstić information content (AvgIpc) is 2.30. The van der Waals surface area contributed by atoms with Gasteiger partial charge in [0.05, 0.1) is 18.8 Å². The second-order valence-corrected chi connectivity index (χ2v) is 4.82. The summed E-state index contributed by atoms with van der Waals surface area (Å²) in [4.78, 5) is 0. The van der Waals surface area contributed by atoms with Gasteiger partial charge in [-0.1, -0.05) is 36.7 Å². The average molecular weight is 256 g/mol. The lowest BCUT2D eigenvalue weighted by atomic mass is 10.1. The van der Waals surface area contributed by atoms with Crippen molar-refractivity contribution < 1.29 is 4.74 Å². The molecule has 1 rings (SSSR count). The summed E-state index contributed by atoms with van der Waals surface area (Å²) in [5, 5.41) is 4.27. The van der Waals surface area contributed by atoms with E-state index >= 15 is 0 Å². The molecule has 1 aromatic rings. The lowest BCUT2D eigenvalue weighted by Crippen LogP contribution is -2.27. The van der Waals surface area contributed by atoms with Gasteiger partial charge in [0.2, 0.25) is 0 Å². The molecule has 0 fully saturated rings. The molecule has 0 spiro atoms. The van der Waals surface area contributed by atoms with Crippen LogP contribution in [0.3, 0.4) is 0 Å². The van der Waals surface area contributed by atoms with Gasteiger partial charge >= 0.3 is 0 Å². The van der Waals surface area contributed by atoms with E-state index in [4.69, 9.17) is 16.3 Å².